The van der Waals surface area contributed by atoms with Gasteiger partial charge in [-0.05, 0) is 29.4 Å². The highest BCUT2D eigenvalue weighted by Gasteiger charge is 2.03. The van der Waals surface area contributed by atoms with Gasteiger partial charge in [-0.3, -0.25) is 4.84 Å². The van der Waals surface area contributed by atoms with E-state index in [1.165, 1.54) is 24.3 Å². The summed E-state index contributed by atoms with van der Waals surface area (Å²) in [6.45, 7) is 0. The van der Waals surface area contributed by atoms with Crippen LogP contribution in [0.3, 0.4) is 0 Å². The summed E-state index contributed by atoms with van der Waals surface area (Å²) in [5, 5.41) is 14.5. The van der Waals surface area contributed by atoms with Crippen LogP contribution in [0.2, 0.25) is 0 Å². The van der Waals surface area contributed by atoms with E-state index >= 15 is 0 Å². The van der Waals surface area contributed by atoms with Gasteiger partial charge in [-0.2, -0.15) is 0 Å². The number of methoxy groups -OCH3 is 1. The number of carboxylic acid groups (broad SMARTS) is 1. The van der Waals surface area contributed by atoms with E-state index in [0.717, 1.165) is 7.11 Å². The van der Waals surface area contributed by atoms with Gasteiger partial charge in [0.25, 0.3) is 0 Å². The number of nitrogens with two attached hydrogens (primary N) is 1. The van der Waals surface area contributed by atoms with Gasteiger partial charge in [-0.15, -0.1) is 0 Å². The van der Waals surface area contributed by atoms with Crippen LogP contribution in [0.5, 0.6) is 0 Å². The molecule has 1 aromatic carbocycles. The number of oxime groups is 1. The first-order valence-electron chi connectivity index (χ1n) is 4.71. The number of ether oxygens (including phenoxy) is 1. The van der Waals surface area contributed by atoms with Crippen molar-refractivity contribution in [3.63, 3.8) is 0 Å². The Balaban J connectivity index is 2.61. The quantitative estimate of drug-likeness (QED) is 0.239. The van der Waals surface area contributed by atoms with Crippen LogP contribution in [0, 0.1) is 0 Å². The highest BCUT2D eigenvalue weighted by atomic mass is 16.8. The third-order valence-electron chi connectivity index (χ3n) is 1.79. The summed E-state index contributed by atoms with van der Waals surface area (Å²) in [4.78, 5) is 25.4. The average molecular weight is 253 g/mol. The molecule has 8 nitrogen and oxygen atoms in total. The van der Waals surface area contributed by atoms with Crippen LogP contribution in [0.25, 0.3) is 0 Å². The molecule has 0 spiro atoms. The summed E-state index contributed by atoms with van der Waals surface area (Å²) in [5.41, 5.74) is 6.03. The highest BCUT2D eigenvalue weighted by molar-refractivity contribution is 5.93. The normalized spacial score (nSPS) is 10.6. The number of aromatic carboxylic acids is 1. The van der Waals surface area contributed by atoms with Gasteiger partial charge in [0, 0.05) is 5.69 Å². The van der Waals surface area contributed by atoms with E-state index in [0.29, 0.717) is 5.69 Å². The Morgan fingerprint density at radius 1 is 1.33 bits per heavy atom. The van der Waals surface area contributed by atoms with Gasteiger partial charge < -0.3 is 20.9 Å². The van der Waals surface area contributed by atoms with E-state index in [-0.39, 0.29) is 11.5 Å². The average Bonchev–Trinajstić information content (AvgIpc) is 2.36. The fourth-order valence-corrected chi connectivity index (χ4v) is 0.991. The molecule has 0 aliphatic heterocycles. The molecule has 0 fully saturated rings. The van der Waals surface area contributed by atoms with Crippen molar-refractivity contribution in [1.29, 1.82) is 0 Å². The summed E-state index contributed by atoms with van der Waals surface area (Å²) in [7, 11) is 1.13. The zero-order chi connectivity index (χ0) is 13.5. The molecule has 0 unspecified atom stereocenters. The van der Waals surface area contributed by atoms with E-state index in [1.807, 2.05) is 0 Å². The van der Waals surface area contributed by atoms with Crippen molar-refractivity contribution in [2.75, 3.05) is 12.4 Å². The second kappa shape index (κ2) is 6.09. The minimum Gasteiger partial charge on any atom is -0.478 e. The third kappa shape index (κ3) is 4.00. The first kappa shape index (κ1) is 13.3. The Hall–Kier alpha value is -2.77. The van der Waals surface area contributed by atoms with Gasteiger partial charge >= 0.3 is 12.1 Å². The van der Waals surface area contributed by atoms with E-state index < -0.39 is 12.1 Å². The number of carbonyl (C=O) groups excluding carboxylic acids is 1. The molecule has 0 aliphatic rings. The maximum absolute atomic E-state index is 10.6. The molecule has 0 radical (unpaired) electrons. The Kier molecular flexibility index (Phi) is 4.50. The van der Waals surface area contributed by atoms with Crippen LogP contribution in [0.1, 0.15) is 10.4 Å². The summed E-state index contributed by atoms with van der Waals surface area (Å²) in [6, 6.07) is 5.76. The zero-order valence-corrected chi connectivity index (χ0v) is 9.41. The molecule has 0 bridgehead atoms. The number of carbonyl (C=O) groups is 2. The van der Waals surface area contributed by atoms with Crippen LogP contribution in [-0.4, -0.2) is 30.3 Å². The fraction of sp³-hybridized carbons (Fsp3) is 0.100. The van der Waals surface area contributed by atoms with E-state index in [9.17, 15) is 9.59 Å². The minimum atomic E-state index is -1.03. The van der Waals surface area contributed by atoms with Gasteiger partial charge in [-0.1, -0.05) is 0 Å². The van der Waals surface area contributed by atoms with Crippen molar-refractivity contribution in [3.8, 4) is 0 Å². The van der Waals surface area contributed by atoms with E-state index in [2.05, 4.69) is 20.0 Å². The van der Waals surface area contributed by atoms with Crippen molar-refractivity contribution < 1.29 is 24.3 Å². The number of benzene rings is 1. The Morgan fingerprint density at radius 2 is 1.94 bits per heavy atom. The number of hydrogen-bond acceptors (Lipinski definition) is 5. The summed E-state index contributed by atoms with van der Waals surface area (Å²) >= 11 is 0. The lowest BCUT2D eigenvalue weighted by molar-refractivity contribution is 0.0695. The number of anilines is 1. The van der Waals surface area contributed by atoms with Gasteiger partial charge in [0.1, 0.15) is 0 Å². The molecular weight excluding hydrogens is 242 g/mol. The summed E-state index contributed by atoms with van der Waals surface area (Å²) in [5.74, 6) is -1.21. The van der Waals surface area contributed by atoms with Gasteiger partial charge in [0.2, 0.25) is 5.96 Å². The van der Waals surface area contributed by atoms with Crippen LogP contribution in [0.15, 0.2) is 29.4 Å². The van der Waals surface area contributed by atoms with Crippen LogP contribution >= 0.6 is 0 Å². The van der Waals surface area contributed by atoms with Crippen LogP contribution in [-0.2, 0) is 9.57 Å². The molecule has 0 atom stereocenters. The maximum Gasteiger partial charge on any atom is 0.534 e. The lowest BCUT2D eigenvalue weighted by Crippen LogP contribution is -2.23. The van der Waals surface area contributed by atoms with Crippen molar-refractivity contribution in [2.24, 2.45) is 10.9 Å². The molecule has 1 rings (SSSR count). The molecule has 0 saturated heterocycles. The molecule has 0 saturated carbocycles. The molecule has 4 N–H and O–H groups in total. The van der Waals surface area contributed by atoms with Gasteiger partial charge in [-0.25, -0.2) is 9.59 Å². The van der Waals surface area contributed by atoms with Crippen molar-refractivity contribution in [3.05, 3.63) is 29.8 Å². The van der Waals surface area contributed by atoms with Gasteiger partial charge in [0.15, 0.2) is 0 Å². The second-order valence-corrected chi connectivity index (χ2v) is 3.03. The zero-order valence-electron chi connectivity index (χ0n) is 9.41. The molecule has 0 amide bonds. The highest BCUT2D eigenvalue weighted by Crippen LogP contribution is 2.09. The van der Waals surface area contributed by atoms with Crippen LogP contribution < -0.4 is 11.1 Å². The SMILES string of the molecule is COC(=O)ON=C(N)Nc1ccc(C(=O)O)cc1. The third-order valence-corrected chi connectivity index (χ3v) is 1.79. The number of nitrogens with one attached hydrogen (secondary N) is 1. The standard InChI is InChI=1S/C10H11N3O5/c1-17-10(16)18-13-9(11)12-7-4-2-6(3-5-7)8(14)15/h2-5H,1H3,(H,14,15)(H3,11,12,13). The molecule has 0 aromatic heterocycles. The molecule has 18 heavy (non-hydrogen) atoms. The Labute approximate surface area is 102 Å². The fourth-order valence-electron chi connectivity index (χ4n) is 0.991. The monoisotopic (exact) mass is 253 g/mol. The first-order valence-corrected chi connectivity index (χ1v) is 4.71. The second-order valence-electron chi connectivity index (χ2n) is 3.03. The van der Waals surface area contributed by atoms with Crippen molar-refractivity contribution >= 4 is 23.8 Å². The molecular formula is C10H11N3O5. The number of nitrogens with zero attached hydrogens (tertiary/aromatic N) is 1. The molecule has 8 heteroatoms. The topological polar surface area (TPSA) is 123 Å². The number of guanidine groups is 1. The van der Waals surface area contributed by atoms with E-state index in [4.69, 9.17) is 10.8 Å². The first-order chi connectivity index (χ1) is 8.52. The van der Waals surface area contributed by atoms with Gasteiger partial charge in [0.05, 0.1) is 12.7 Å². The minimum absolute atomic E-state index is 0.141. The Morgan fingerprint density at radius 3 is 2.44 bits per heavy atom. The molecule has 1 aromatic rings. The van der Waals surface area contributed by atoms with Crippen LogP contribution in [0.4, 0.5) is 10.5 Å². The number of hydrogen-bond donors (Lipinski definition) is 3. The van der Waals surface area contributed by atoms with Crippen molar-refractivity contribution in [1.82, 2.24) is 0 Å². The lowest BCUT2D eigenvalue weighted by Gasteiger charge is -2.04. The summed E-state index contributed by atoms with van der Waals surface area (Å²) < 4.78 is 4.18. The largest absolute Gasteiger partial charge is 0.534 e. The van der Waals surface area contributed by atoms with Crippen molar-refractivity contribution in [2.45, 2.75) is 0 Å². The predicted molar refractivity (Wildman–Crippen MR) is 62.1 cm³/mol. The molecule has 0 heterocycles. The Bertz CT molecular complexity index is 469. The molecule has 96 valence electrons. The predicted octanol–water partition coefficient (Wildman–Crippen LogP) is 0.809. The maximum atomic E-state index is 10.6. The lowest BCUT2D eigenvalue weighted by atomic mass is 10.2. The smallest absolute Gasteiger partial charge is 0.478 e. The van der Waals surface area contributed by atoms with E-state index in [1.54, 1.807) is 0 Å². The summed E-state index contributed by atoms with van der Waals surface area (Å²) in [6.07, 6.45) is -0.999. The number of rotatable bonds is 3. The number of carboxylic acids is 1. The molecule has 0 aliphatic carbocycles.